The Labute approximate surface area is 164 Å². The van der Waals surface area contributed by atoms with Crippen LogP contribution in [-0.2, 0) is 17.8 Å². The number of rotatable bonds is 7. The maximum Gasteiger partial charge on any atom is 0.139 e. The summed E-state index contributed by atoms with van der Waals surface area (Å²) in [6.07, 6.45) is 2.12. The average molecular weight is 383 g/mol. The zero-order chi connectivity index (χ0) is 20.3. The van der Waals surface area contributed by atoms with Crippen molar-refractivity contribution < 1.29 is 14.3 Å². The molecule has 0 radical (unpaired) electrons. The molecule has 0 amide bonds. The van der Waals surface area contributed by atoms with Gasteiger partial charge < -0.3 is 10.4 Å². The van der Waals surface area contributed by atoms with Crippen LogP contribution < -0.4 is 5.32 Å². The minimum Gasteiger partial charge on any atom is -0.390 e. The Kier molecular flexibility index (Phi) is 5.89. The highest BCUT2D eigenvalue weighted by Crippen LogP contribution is 2.32. The van der Waals surface area contributed by atoms with Crippen LogP contribution in [0.4, 0.5) is 4.39 Å². The fraction of sp³-hybridized carbons (Fsp3) is 0.409. The molecule has 0 spiro atoms. The minimum absolute atomic E-state index is 0.0188. The van der Waals surface area contributed by atoms with Crippen molar-refractivity contribution in [2.24, 2.45) is 4.99 Å². The summed E-state index contributed by atoms with van der Waals surface area (Å²) in [5.41, 5.74) is 2.39. The summed E-state index contributed by atoms with van der Waals surface area (Å²) in [7, 11) is 0. The lowest BCUT2D eigenvalue weighted by atomic mass is 9.80. The SMILES string of the molecule is CCNC1=NCc2cc(CC(=O)CC(c3ccc(F)cc3)C(C)(C)O)ncc21. The van der Waals surface area contributed by atoms with E-state index < -0.39 is 11.5 Å². The number of pyridine rings is 1. The summed E-state index contributed by atoms with van der Waals surface area (Å²) < 4.78 is 13.2. The number of halogens is 1. The summed E-state index contributed by atoms with van der Waals surface area (Å²) in [4.78, 5) is 21.6. The maximum absolute atomic E-state index is 13.2. The van der Waals surface area contributed by atoms with Crippen LogP contribution in [0.3, 0.4) is 0 Å². The number of carbonyl (C=O) groups is 1. The number of aliphatic hydroxyl groups is 1. The van der Waals surface area contributed by atoms with Crippen LogP contribution in [0.1, 0.15) is 55.5 Å². The third-order valence-corrected chi connectivity index (χ3v) is 4.99. The smallest absolute Gasteiger partial charge is 0.139 e. The molecule has 1 atom stereocenters. The van der Waals surface area contributed by atoms with Crippen molar-refractivity contribution in [2.45, 2.75) is 51.7 Å². The van der Waals surface area contributed by atoms with E-state index >= 15 is 0 Å². The van der Waals surface area contributed by atoms with Crippen molar-refractivity contribution in [1.82, 2.24) is 10.3 Å². The Hall–Kier alpha value is -2.60. The number of Topliss-reactive ketones (excluding diaryl/α,β-unsaturated/α-hetero) is 1. The summed E-state index contributed by atoms with van der Waals surface area (Å²) in [5, 5.41) is 13.8. The molecule has 2 N–H and O–H groups in total. The number of aromatic nitrogens is 1. The van der Waals surface area contributed by atoms with E-state index in [1.165, 1.54) is 12.1 Å². The number of fused-ring (bicyclic) bond motifs is 1. The summed E-state index contributed by atoms with van der Waals surface area (Å²) in [6, 6.07) is 7.88. The molecular formula is C22H26FN3O2. The van der Waals surface area contributed by atoms with Gasteiger partial charge in [-0.25, -0.2) is 4.39 Å². The number of hydrogen-bond acceptors (Lipinski definition) is 5. The molecule has 3 rings (SSSR count). The predicted octanol–water partition coefficient (Wildman–Crippen LogP) is 3.15. The number of nitrogens with one attached hydrogen (secondary N) is 1. The zero-order valence-electron chi connectivity index (χ0n) is 16.5. The van der Waals surface area contributed by atoms with Crippen LogP contribution in [0.2, 0.25) is 0 Å². The number of benzene rings is 1. The zero-order valence-corrected chi connectivity index (χ0v) is 16.5. The van der Waals surface area contributed by atoms with E-state index in [1.807, 2.05) is 13.0 Å². The van der Waals surface area contributed by atoms with E-state index in [9.17, 15) is 14.3 Å². The fourth-order valence-corrected chi connectivity index (χ4v) is 3.53. The van der Waals surface area contributed by atoms with Gasteiger partial charge in [-0.3, -0.25) is 14.8 Å². The first-order chi connectivity index (χ1) is 13.3. The summed E-state index contributed by atoms with van der Waals surface area (Å²) in [5.74, 6) is 0.0702. The van der Waals surface area contributed by atoms with Crippen LogP contribution >= 0.6 is 0 Å². The van der Waals surface area contributed by atoms with Gasteiger partial charge in [-0.2, -0.15) is 0 Å². The molecule has 28 heavy (non-hydrogen) atoms. The third-order valence-electron chi connectivity index (χ3n) is 4.99. The number of nitrogens with zero attached hydrogens (tertiary/aromatic N) is 2. The van der Waals surface area contributed by atoms with Crippen LogP contribution in [0, 0.1) is 5.82 Å². The molecular weight excluding hydrogens is 357 g/mol. The summed E-state index contributed by atoms with van der Waals surface area (Å²) >= 11 is 0. The van der Waals surface area contributed by atoms with Crippen molar-refractivity contribution in [3.63, 3.8) is 0 Å². The number of aliphatic imine (C=N–C) groups is 1. The van der Waals surface area contributed by atoms with Gasteiger partial charge >= 0.3 is 0 Å². The molecule has 0 saturated heterocycles. The molecule has 1 aliphatic heterocycles. The molecule has 1 aliphatic rings. The fourth-order valence-electron chi connectivity index (χ4n) is 3.53. The molecule has 0 bridgehead atoms. The number of ketones is 1. The van der Waals surface area contributed by atoms with Crippen molar-refractivity contribution in [1.29, 1.82) is 0 Å². The highest BCUT2D eigenvalue weighted by atomic mass is 19.1. The predicted molar refractivity (Wildman–Crippen MR) is 107 cm³/mol. The van der Waals surface area contributed by atoms with Gasteiger partial charge in [-0.1, -0.05) is 12.1 Å². The van der Waals surface area contributed by atoms with Crippen molar-refractivity contribution in [2.75, 3.05) is 6.54 Å². The highest BCUT2D eigenvalue weighted by molar-refractivity contribution is 6.01. The van der Waals surface area contributed by atoms with E-state index in [-0.39, 0.29) is 24.4 Å². The topological polar surface area (TPSA) is 74.6 Å². The molecule has 1 aromatic carbocycles. The quantitative estimate of drug-likeness (QED) is 0.770. The second-order valence-electron chi connectivity index (χ2n) is 7.71. The number of carbonyl (C=O) groups excluding carboxylic acids is 1. The Balaban J connectivity index is 1.71. The maximum atomic E-state index is 13.2. The lowest BCUT2D eigenvalue weighted by molar-refractivity contribution is -0.120. The number of hydrogen-bond donors (Lipinski definition) is 2. The van der Waals surface area contributed by atoms with Gasteiger partial charge in [-0.15, -0.1) is 0 Å². The molecule has 0 fully saturated rings. The molecule has 6 heteroatoms. The molecule has 0 aliphatic carbocycles. The van der Waals surface area contributed by atoms with Gasteiger partial charge in [0.1, 0.15) is 17.4 Å². The first-order valence-electron chi connectivity index (χ1n) is 9.54. The first-order valence-corrected chi connectivity index (χ1v) is 9.54. The average Bonchev–Trinajstić information content (AvgIpc) is 3.02. The minimum atomic E-state index is -1.10. The molecule has 1 unspecified atom stereocenters. The Morgan fingerprint density at radius 2 is 2.04 bits per heavy atom. The molecule has 1 aromatic heterocycles. The molecule has 148 valence electrons. The van der Waals surface area contributed by atoms with E-state index in [2.05, 4.69) is 15.3 Å². The normalized spacial score (nSPS) is 14.4. The van der Waals surface area contributed by atoms with E-state index in [4.69, 9.17) is 0 Å². The lowest BCUT2D eigenvalue weighted by Gasteiger charge is -2.29. The Morgan fingerprint density at radius 3 is 2.68 bits per heavy atom. The van der Waals surface area contributed by atoms with Gasteiger partial charge in [0.25, 0.3) is 0 Å². The molecule has 2 heterocycles. The first kappa shape index (κ1) is 20.1. The molecule has 0 saturated carbocycles. The van der Waals surface area contributed by atoms with Crippen molar-refractivity contribution >= 4 is 11.6 Å². The van der Waals surface area contributed by atoms with E-state index in [1.54, 1.807) is 32.2 Å². The second kappa shape index (κ2) is 8.19. The summed E-state index contributed by atoms with van der Waals surface area (Å²) in [6.45, 7) is 6.73. The van der Waals surface area contributed by atoms with Gasteiger partial charge in [0.15, 0.2) is 0 Å². The van der Waals surface area contributed by atoms with Gasteiger partial charge in [0.2, 0.25) is 0 Å². The third kappa shape index (κ3) is 4.62. The standard InChI is InChI=1S/C22H26FN3O2/c1-4-24-21-19-13-25-17(9-15(19)12-26-21)10-18(27)11-20(22(2,3)28)14-5-7-16(23)8-6-14/h5-9,13,20,28H,4,10-12H2,1-3H3,(H,24,26). The van der Waals surface area contributed by atoms with Gasteiger partial charge in [0, 0.05) is 42.8 Å². The Bertz CT molecular complexity index is 886. The van der Waals surface area contributed by atoms with Crippen molar-refractivity contribution in [3.05, 3.63) is 64.7 Å². The largest absolute Gasteiger partial charge is 0.390 e. The van der Waals surface area contributed by atoms with Crippen LogP contribution in [0.5, 0.6) is 0 Å². The van der Waals surface area contributed by atoms with E-state index in [0.717, 1.165) is 29.1 Å². The van der Waals surface area contributed by atoms with Crippen LogP contribution in [0.25, 0.3) is 0 Å². The van der Waals surface area contributed by atoms with Crippen LogP contribution in [0.15, 0.2) is 41.5 Å². The van der Waals surface area contributed by atoms with Gasteiger partial charge in [-0.05, 0) is 50.1 Å². The Morgan fingerprint density at radius 1 is 1.32 bits per heavy atom. The lowest BCUT2D eigenvalue weighted by Crippen LogP contribution is -2.31. The molecule has 2 aromatic rings. The van der Waals surface area contributed by atoms with Gasteiger partial charge in [0.05, 0.1) is 12.1 Å². The highest BCUT2D eigenvalue weighted by Gasteiger charge is 2.30. The van der Waals surface area contributed by atoms with Crippen molar-refractivity contribution in [3.8, 4) is 0 Å². The molecule has 5 nitrogen and oxygen atoms in total. The van der Waals surface area contributed by atoms with E-state index in [0.29, 0.717) is 12.2 Å². The number of amidine groups is 1. The van der Waals surface area contributed by atoms with Crippen LogP contribution in [-0.4, -0.2) is 33.9 Å². The second-order valence-corrected chi connectivity index (χ2v) is 7.71. The monoisotopic (exact) mass is 383 g/mol.